The van der Waals surface area contributed by atoms with E-state index < -0.39 is 6.09 Å². The zero-order valence-corrected chi connectivity index (χ0v) is 15.7. The summed E-state index contributed by atoms with van der Waals surface area (Å²) >= 11 is 5.81. The minimum Gasteiger partial charge on any atom is -0.490 e. The van der Waals surface area contributed by atoms with Gasteiger partial charge in [-0.3, -0.25) is 0 Å². The van der Waals surface area contributed by atoms with E-state index in [9.17, 15) is 4.79 Å². The summed E-state index contributed by atoms with van der Waals surface area (Å²) in [4.78, 5) is 17.8. The molecule has 0 aliphatic carbocycles. The van der Waals surface area contributed by atoms with E-state index in [4.69, 9.17) is 30.5 Å². The molecule has 144 valence electrons. The molecule has 1 amide bonds. The molecule has 1 aliphatic heterocycles. The maximum absolute atomic E-state index is 12.4. The molecule has 0 saturated carbocycles. The number of aromatic nitrogens is 1. The van der Waals surface area contributed by atoms with Crippen molar-refractivity contribution in [2.24, 2.45) is 0 Å². The topological polar surface area (TPSA) is 70.1 Å². The first-order valence-corrected chi connectivity index (χ1v) is 9.08. The summed E-state index contributed by atoms with van der Waals surface area (Å²) in [5.41, 5.74) is 0. The maximum Gasteiger partial charge on any atom is 0.415 e. The minimum absolute atomic E-state index is 0.262. The molecule has 2 heterocycles. The van der Waals surface area contributed by atoms with Gasteiger partial charge in [-0.15, -0.1) is 0 Å². The predicted octanol–water partition coefficient (Wildman–Crippen LogP) is 3.41. The van der Waals surface area contributed by atoms with Gasteiger partial charge < -0.3 is 23.8 Å². The number of hydrogen-bond acceptors (Lipinski definition) is 6. The predicted molar refractivity (Wildman–Crippen MR) is 99.7 cm³/mol. The molecule has 2 aromatic rings. The van der Waals surface area contributed by atoms with Gasteiger partial charge in [0.1, 0.15) is 23.6 Å². The van der Waals surface area contributed by atoms with E-state index in [0.717, 1.165) is 0 Å². The molecular weight excluding hydrogens is 372 g/mol. The molecule has 1 fully saturated rings. The summed E-state index contributed by atoms with van der Waals surface area (Å²) in [6.45, 7) is 4.00. The van der Waals surface area contributed by atoms with Crippen molar-refractivity contribution in [2.45, 2.75) is 13.0 Å². The third kappa shape index (κ3) is 5.48. The number of nitrogens with zero attached hydrogens (tertiary/aromatic N) is 2. The number of morpholine rings is 1. The van der Waals surface area contributed by atoms with Crippen molar-refractivity contribution >= 4 is 17.7 Å². The number of carbonyl (C=O) groups excluding carboxylic acids is 1. The van der Waals surface area contributed by atoms with Crippen LogP contribution in [0.25, 0.3) is 0 Å². The van der Waals surface area contributed by atoms with Crippen molar-refractivity contribution in [1.29, 1.82) is 0 Å². The van der Waals surface area contributed by atoms with Crippen molar-refractivity contribution in [3.63, 3.8) is 0 Å². The molecule has 7 nitrogen and oxygen atoms in total. The Bertz CT molecular complexity index is 773. The van der Waals surface area contributed by atoms with E-state index in [1.54, 1.807) is 11.0 Å². The number of rotatable bonds is 6. The normalized spacial score (nSPS) is 16.7. The molecule has 1 unspecified atom stereocenters. The highest BCUT2D eigenvalue weighted by Crippen LogP contribution is 2.26. The molecule has 0 spiro atoms. The first kappa shape index (κ1) is 19.3. The van der Waals surface area contributed by atoms with E-state index >= 15 is 0 Å². The number of pyridine rings is 1. The molecule has 0 N–H and O–H groups in total. The molecule has 0 bridgehead atoms. The number of benzene rings is 1. The van der Waals surface area contributed by atoms with Crippen molar-refractivity contribution in [1.82, 2.24) is 9.88 Å². The van der Waals surface area contributed by atoms with Crippen LogP contribution in [0.5, 0.6) is 17.2 Å². The third-order valence-corrected chi connectivity index (χ3v) is 4.08. The monoisotopic (exact) mass is 392 g/mol. The summed E-state index contributed by atoms with van der Waals surface area (Å²) in [5, 5.41) is 0.265. The zero-order valence-electron chi connectivity index (χ0n) is 15.0. The number of ether oxygens (including phenoxy) is 4. The Kier molecular flexibility index (Phi) is 6.73. The minimum atomic E-state index is -0.458. The standard InChI is InChI=1S/C19H21ClN2O5/c1-2-24-16-5-3-4-6-17(16)26-13-15-12-22(9-10-25-15)19(23)27-14-7-8-21-18(20)11-14/h3-8,11,15H,2,9-10,12-13H2,1H3. The van der Waals surface area contributed by atoms with Crippen LogP contribution >= 0.6 is 11.6 Å². The number of amides is 1. The number of halogens is 1. The number of para-hydroxylation sites is 2. The van der Waals surface area contributed by atoms with Crippen LogP contribution in [0.4, 0.5) is 4.79 Å². The molecule has 1 aromatic heterocycles. The highest BCUT2D eigenvalue weighted by atomic mass is 35.5. The lowest BCUT2D eigenvalue weighted by molar-refractivity contribution is -0.0404. The van der Waals surface area contributed by atoms with Crippen molar-refractivity contribution in [2.75, 3.05) is 32.9 Å². The van der Waals surface area contributed by atoms with Crippen molar-refractivity contribution in [3.8, 4) is 17.2 Å². The van der Waals surface area contributed by atoms with Gasteiger partial charge in [0, 0.05) is 18.8 Å². The Morgan fingerprint density at radius 3 is 2.81 bits per heavy atom. The highest BCUT2D eigenvalue weighted by molar-refractivity contribution is 6.29. The summed E-state index contributed by atoms with van der Waals surface area (Å²) in [7, 11) is 0. The Morgan fingerprint density at radius 1 is 1.30 bits per heavy atom. The molecular formula is C19H21ClN2O5. The lowest BCUT2D eigenvalue weighted by Gasteiger charge is -2.32. The lowest BCUT2D eigenvalue weighted by atomic mass is 10.3. The number of hydrogen-bond donors (Lipinski definition) is 0. The largest absolute Gasteiger partial charge is 0.490 e. The average Bonchev–Trinajstić information content (AvgIpc) is 2.68. The van der Waals surface area contributed by atoms with Gasteiger partial charge in [0.25, 0.3) is 0 Å². The van der Waals surface area contributed by atoms with Gasteiger partial charge in [0.2, 0.25) is 0 Å². The Morgan fingerprint density at radius 2 is 2.07 bits per heavy atom. The Hall–Kier alpha value is -2.51. The molecule has 1 atom stereocenters. The highest BCUT2D eigenvalue weighted by Gasteiger charge is 2.26. The molecule has 3 rings (SSSR count). The van der Waals surface area contributed by atoms with Crippen LogP contribution < -0.4 is 14.2 Å². The van der Waals surface area contributed by atoms with Gasteiger partial charge in [0.15, 0.2) is 11.5 Å². The SMILES string of the molecule is CCOc1ccccc1OCC1CN(C(=O)Oc2ccnc(Cl)c2)CCO1. The van der Waals surface area contributed by atoms with Crippen molar-refractivity contribution < 1.29 is 23.7 Å². The van der Waals surface area contributed by atoms with E-state index in [1.807, 2.05) is 31.2 Å². The fourth-order valence-electron chi connectivity index (χ4n) is 2.63. The first-order chi connectivity index (χ1) is 13.2. The second kappa shape index (κ2) is 9.43. The second-order valence-corrected chi connectivity index (χ2v) is 6.20. The van der Waals surface area contributed by atoms with Crippen LogP contribution in [0.2, 0.25) is 5.15 Å². The van der Waals surface area contributed by atoms with Gasteiger partial charge in [-0.25, -0.2) is 9.78 Å². The second-order valence-electron chi connectivity index (χ2n) is 5.81. The van der Waals surface area contributed by atoms with E-state index in [0.29, 0.717) is 50.2 Å². The van der Waals surface area contributed by atoms with E-state index in [-0.39, 0.29) is 11.3 Å². The van der Waals surface area contributed by atoms with Crippen LogP contribution in [0.1, 0.15) is 6.92 Å². The third-order valence-electron chi connectivity index (χ3n) is 3.87. The molecule has 1 aromatic carbocycles. The summed E-state index contributed by atoms with van der Waals surface area (Å²) in [6, 6.07) is 10.5. The van der Waals surface area contributed by atoms with Crippen LogP contribution in [0, 0.1) is 0 Å². The van der Waals surface area contributed by atoms with Crippen LogP contribution in [0.15, 0.2) is 42.6 Å². The van der Waals surface area contributed by atoms with Gasteiger partial charge in [-0.2, -0.15) is 0 Å². The number of carbonyl (C=O) groups is 1. The molecule has 8 heteroatoms. The van der Waals surface area contributed by atoms with Gasteiger partial charge in [-0.05, 0) is 25.1 Å². The maximum atomic E-state index is 12.4. The first-order valence-electron chi connectivity index (χ1n) is 8.70. The van der Waals surface area contributed by atoms with Gasteiger partial charge in [0.05, 0.1) is 19.8 Å². The van der Waals surface area contributed by atoms with Crippen LogP contribution in [0.3, 0.4) is 0 Å². The van der Waals surface area contributed by atoms with Gasteiger partial charge >= 0.3 is 6.09 Å². The van der Waals surface area contributed by atoms with Crippen molar-refractivity contribution in [3.05, 3.63) is 47.7 Å². The molecule has 1 saturated heterocycles. The van der Waals surface area contributed by atoms with Crippen LogP contribution in [-0.2, 0) is 4.74 Å². The van der Waals surface area contributed by atoms with E-state index in [2.05, 4.69) is 4.98 Å². The smallest absolute Gasteiger partial charge is 0.415 e. The fraction of sp³-hybridized carbons (Fsp3) is 0.368. The molecule has 27 heavy (non-hydrogen) atoms. The summed E-state index contributed by atoms with van der Waals surface area (Å²) in [6.07, 6.45) is 0.763. The fourth-order valence-corrected chi connectivity index (χ4v) is 2.79. The Labute approximate surface area is 162 Å². The summed E-state index contributed by atoms with van der Waals surface area (Å²) < 4.78 is 22.4. The van der Waals surface area contributed by atoms with Gasteiger partial charge in [-0.1, -0.05) is 23.7 Å². The molecule has 1 aliphatic rings. The molecule has 0 radical (unpaired) electrons. The zero-order chi connectivity index (χ0) is 19.1. The average molecular weight is 393 g/mol. The Balaban J connectivity index is 1.54. The van der Waals surface area contributed by atoms with Crippen LogP contribution in [-0.4, -0.2) is 55.0 Å². The summed E-state index contributed by atoms with van der Waals surface area (Å²) in [5.74, 6) is 1.68. The van der Waals surface area contributed by atoms with E-state index in [1.165, 1.54) is 12.3 Å². The lowest BCUT2D eigenvalue weighted by Crippen LogP contribution is -2.48. The quantitative estimate of drug-likeness (QED) is 0.701.